The Morgan fingerprint density at radius 3 is 2.64 bits per heavy atom. The van der Waals surface area contributed by atoms with Crippen LogP contribution in [0.2, 0.25) is 5.02 Å². The highest BCUT2D eigenvalue weighted by molar-refractivity contribution is 6.31. The van der Waals surface area contributed by atoms with Gasteiger partial charge in [0.2, 0.25) is 5.91 Å². The number of nitrogens with zero attached hydrogens (tertiary/aromatic N) is 3. The smallest absolute Gasteiger partial charge is 0.255 e. The van der Waals surface area contributed by atoms with E-state index >= 15 is 0 Å². The van der Waals surface area contributed by atoms with E-state index in [1.165, 1.54) is 0 Å². The third kappa shape index (κ3) is 8.08. The predicted molar refractivity (Wildman–Crippen MR) is 151 cm³/mol. The molecule has 2 aliphatic rings. The summed E-state index contributed by atoms with van der Waals surface area (Å²) in [7, 11) is 0. The normalized spacial score (nSPS) is 19.4. The molecule has 0 spiro atoms. The van der Waals surface area contributed by atoms with Gasteiger partial charge in [-0.2, -0.15) is 0 Å². The Kier molecular flexibility index (Phi) is 10.0. The van der Waals surface area contributed by atoms with Gasteiger partial charge in [0, 0.05) is 43.0 Å². The zero-order chi connectivity index (χ0) is 27.8. The van der Waals surface area contributed by atoms with E-state index in [1.54, 1.807) is 35.4 Å². The van der Waals surface area contributed by atoms with Crippen molar-refractivity contribution >= 4 is 35.1 Å². The molecular formula is C29H38ClN5O4. The van der Waals surface area contributed by atoms with E-state index in [0.29, 0.717) is 60.2 Å². The van der Waals surface area contributed by atoms with E-state index in [1.807, 2.05) is 6.07 Å². The summed E-state index contributed by atoms with van der Waals surface area (Å²) >= 11 is 6.16. The van der Waals surface area contributed by atoms with Crippen LogP contribution in [0, 0.1) is 5.92 Å². The molecule has 1 saturated heterocycles. The van der Waals surface area contributed by atoms with Crippen molar-refractivity contribution in [2.75, 3.05) is 44.2 Å². The molecule has 1 atom stereocenters. The van der Waals surface area contributed by atoms with Crippen LogP contribution in [0.5, 0.6) is 5.75 Å². The second-order valence-electron chi connectivity index (χ2n) is 10.6. The lowest BCUT2D eigenvalue weighted by Crippen LogP contribution is -2.46. The zero-order valence-corrected chi connectivity index (χ0v) is 23.5. The molecule has 1 fully saturated rings. The topological polar surface area (TPSA) is 104 Å². The first-order chi connectivity index (χ1) is 18.8. The summed E-state index contributed by atoms with van der Waals surface area (Å²) in [6.07, 6.45) is 5.82. The van der Waals surface area contributed by atoms with Crippen LogP contribution in [0.3, 0.4) is 0 Å². The summed E-state index contributed by atoms with van der Waals surface area (Å²) in [4.78, 5) is 47.9. The number of carbonyl (C=O) groups excluding carboxylic acids is 3. The largest absolute Gasteiger partial charge is 0.491 e. The Morgan fingerprint density at radius 2 is 1.87 bits per heavy atom. The molecule has 2 N–H and O–H groups in total. The third-order valence-corrected chi connectivity index (χ3v) is 7.17. The van der Waals surface area contributed by atoms with E-state index in [-0.39, 0.29) is 36.9 Å². The number of fused-ring (bicyclic) bond motifs is 1. The van der Waals surface area contributed by atoms with Crippen LogP contribution in [0.1, 0.15) is 66.7 Å². The van der Waals surface area contributed by atoms with Crippen molar-refractivity contribution in [2.24, 2.45) is 5.92 Å². The monoisotopic (exact) mass is 555 g/mol. The first kappa shape index (κ1) is 28.7. The molecule has 3 amide bonds. The molecule has 0 aliphatic carbocycles. The Hall–Kier alpha value is -3.33. The molecular weight excluding hydrogens is 518 g/mol. The van der Waals surface area contributed by atoms with Crippen molar-refractivity contribution < 1.29 is 19.1 Å². The summed E-state index contributed by atoms with van der Waals surface area (Å²) in [5.74, 6) is 0.779. The molecule has 2 aliphatic heterocycles. The van der Waals surface area contributed by atoms with Crippen LogP contribution < -0.4 is 20.3 Å². The first-order valence-corrected chi connectivity index (χ1v) is 14.2. The van der Waals surface area contributed by atoms with Gasteiger partial charge in [-0.1, -0.05) is 25.4 Å². The molecule has 0 saturated carbocycles. The number of aromatic nitrogens is 1. The maximum atomic E-state index is 13.6. The quantitative estimate of drug-likeness (QED) is 0.593. The van der Waals surface area contributed by atoms with E-state index in [2.05, 4.69) is 34.4 Å². The van der Waals surface area contributed by atoms with Gasteiger partial charge in [0.05, 0.1) is 18.2 Å². The fourth-order valence-corrected chi connectivity index (χ4v) is 5.18. The summed E-state index contributed by atoms with van der Waals surface area (Å²) < 4.78 is 6.03. The molecule has 0 unspecified atom stereocenters. The zero-order valence-electron chi connectivity index (χ0n) is 22.7. The van der Waals surface area contributed by atoms with Gasteiger partial charge in [0.15, 0.2) is 0 Å². The molecule has 4 rings (SSSR count). The van der Waals surface area contributed by atoms with Crippen LogP contribution in [0.25, 0.3) is 0 Å². The van der Waals surface area contributed by atoms with Crippen LogP contribution in [-0.4, -0.2) is 73.0 Å². The molecule has 9 nitrogen and oxygen atoms in total. The van der Waals surface area contributed by atoms with Crippen molar-refractivity contribution in [3.8, 4) is 5.75 Å². The van der Waals surface area contributed by atoms with Gasteiger partial charge in [-0.05, 0) is 68.4 Å². The average molecular weight is 556 g/mol. The number of benzene rings is 1. The highest BCUT2D eigenvalue weighted by Crippen LogP contribution is 2.24. The standard InChI is InChI=1S/C29H38ClN5O4/c1-20(2)15-23-19-39-25-8-7-22(30)17-24(25)28(37)32-10-3-4-14-35(18-27(36)33-23)29(38)21-9-11-31-26(16-21)34-12-5-6-13-34/h7-9,11,16-17,20,23H,3-6,10,12-15,18-19H2,1-2H3,(H,32,37)(H,33,36)/t23-/m1/s1. The lowest BCUT2D eigenvalue weighted by molar-refractivity contribution is -0.122. The molecule has 1 aromatic carbocycles. The van der Waals surface area contributed by atoms with Crippen LogP contribution >= 0.6 is 11.6 Å². The Labute approximate surface area is 235 Å². The summed E-state index contributed by atoms with van der Waals surface area (Å²) in [5, 5.41) is 6.42. The minimum Gasteiger partial charge on any atom is -0.491 e. The Balaban J connectivity index is 1.53. The fraction of sp³-hybridized carbons (Fsp3) is 0.517. The van der Waals surface area contributed by atoms with Crippen LogP contribution in [-0.2, 0) is 4.79 Å². The SMILES string of the molecule is CC(C)C[C@@H]1COc2ccc(Cl)cc2C(=O)NCCCCN(C(=O)c2ccnc(N3CCCC3)c2)CC(=O)N1. The van der Waals surface area contributed by atoms with Crippen molar-refractivity contribution in [1.29, 1.82) is 0 Å². The molecule has 210 valence electrons. The molecule has 39 heavy (non-hydrogen) atoms. The summed E-state index contributed by atoms with van der Waals surface area (Å²) in [6, 6.07) is 8.16. The number of hydrogen-bond acceptors (Lipinski definition) is 6. The molecule has 3 heterocycles. The minimum absolute atomic E-state index is 0.0621. The van der Waals surface area contributed by atoms with Crippen molar-refractivity contribution in [1.82, 2.24) is 20.5 Å². The maximum Gasteiger partial charge on any atom is 0.255 e. The maximum absolute atomic E-state index is 13.6. The molecule has 2 aromatic rings. The van der Waals surface area contributed by atoms with Gasteiger partial charge in [-0.3, -0.25) is 14.4 Å². The lowest BCUT2D eigenvalue weighted by atomic mass is 10.0. The minimum atomic E-state index is -0.297. The van der Waals surface area contributed by atoms with E-state index in [4.69, 9.17) is 16.3 Å². The predicted octanol–water partition coefficient (Wildman–Crippen LogP) is 3.91. The van der Waals surface area contributed by atoms with Gasteiger partial charge >= 0.3 is 0 Å². The highest BCUT2D eigenvalue weighted by atomic mass is 35.5. The number of ether oxygens (including phenoxy) is 1. The highest BCUT2D eigenvalue weighted by Gasteiger charge is 2.24. The number of pyridine rings is 1. The van der Waals surface area contributed by atoms with Crippen LogP contribution in [0.15, 0.2) is 36.5 Å². The fourth-order valence-electron chi connectivity index (χ4n) is 5.01. The second kappa shape index (κ2) is 13.6. The first-order valence-electron chi connectivity index (χ1n) is 13.8. The third-order valence-electron chi connectivity index (χ3n) is 6.93. The summed E-state index contributed by atoms with van der Waals surface area (Å²) in [6.45, 7) is 6.92. The van der Waals surface area contributed by atoms with Crippen molar-refractivity contribution in [2.45, 2.75) is 52.0 Å². The van der Waals surface area contributed by atoms with Crippen molar-refractivity contribution in [3.05, 3.63) is 52.7 Å². The van der Waals surface area contributed by atoms with Gasteiger partial charge in [-0.15, -0.1) is 0 Å². The molecule has 1 aromatic heterocycles. The number of hydrogen-bond donors (Lipinski definition) is 2. The Morgan fingerprint density at radius 1 is 1.10 bits per heavy atom. The molecule has 10 heteroatoms. The van der Waals surface area contributed by atoms with E-state index in [0.717, 1.165) is 31.7 Å². The van der Waals surface area contributed by atoms with E-state index in [9.17, 15) is 14.4 Å². The Bertz CT molecular complexity index is 1170. The summed E-state index contributed by atoms with van der Waals surface area (Å²) in [5.41, 5.74) is 0.871. The van der Waals surface area contributed by atoms with Crippen LogP contribution in [0.4, 0.5) is 5.82 Å². The van der Waals surface area contributed by atoms with E-state index < -0.39 is 0 Å². The number of carbonyl (C=O) groups is 3. The average Bonchev–Trinajstić information content (AvgIpc) is 3.45. The number of halogens is 1. The lowest BCUT2D eigenvalue weighted by Gasteiger charge is -2.26. The number of amides is 3. The van der Waals surface area contributed by atoms with Gasteiger partial charge in [0.25, 0.3) is 11.8 Å². The van der Waals surface area contributed by atoms with Gasteiger partial charge in [-0.25, -0.2) is 4.98 Å². The van der Waals surface area contributed by atoms with Gasteiger partial charge < -0.3 is 25.2 Å². The van der Waals surface area contributed by atoms with Crippen molar-refractivity contribution in [3.63, 3.8) is 0 Å². The second-order valence-corrected chi connectivity index (χ2v) is 11.1. The molecule has 0 radical (unpaired) electrons. The van der Waals surface area contributed by atoms with Gasteiger partial charge in [0.1, 0.15) is 18.2 Å². The molecule has 0 bridgehead atoms. The number of nitrogens with one attached hydrogen (secondary N) is 2. The number of anilines is 1. The number of rotatable bonds is 4.